The number of rotatable bonds is 8. The molecule has 1 aromatic heterocycles. The summed E-state index contributed by atoms with van der Waals surface area (Å²) in [6.07, 6.45) is 3.98. The quantitative estimate of drug-likeness (QED) is 0.692. The Morgan fingerprint density at radius 3 is 3.19 bits per heavy atom. The molecule has 0 bridgehead atoms. The Morgan fingerprint density at radius 2 is 2.42 bits per heavy atom. The van der Waals surface area contributed by atoms with E-state index in [2.05, 4.69) is 22.4 Å². The zero-order valence-corrected chi connectivity index (χ0v) is 15.7. The van der Waals surface area contributed by atoms with Gasteiger partial charge in [0.1, 0.15) is 24.7 Å². The van der Waals surface area contributed by atoms with Crippen LogP contribution in [0.1, 0.15) is 32.0 Å². The van der Waals surface area contributed by atoms with Crippen LogP contribution in [-0.4, -0.2) is 40.0 Å². The van der Waals surface area contributed by atoms with E-state index in [1.807, 2.05) is 24.3 Å². The highest BCUT2D eigenvalue weighted by molar-refractivity contribution is 7.71. The van der Waals surface area contributed by atoms with Gasteiger partial charge in [-0.25, -0.2) is 0 Å². The fraction of sp³-hybridized carbons (Fsp3) is 0.500. The van der Waals surface area contributed by atoms with Gasteiger partial charge < -0.3 is 14.8 Å². The van der Waals surface area contributed by atoms with Gasteiger partial charge in [0.2, 0.25) is 5.91 Å². The van der Waals surface area contributed by atoms with Crippen molar-refractivity contribution in [2.45, 2.75) is 45.3 Å². The van der Waals surface area contributed by atoms with E-state index in [4.69, 9.17) is 21.7 Å². The van der Waals surface area contributed by atoms with Crippen LogP contribution in [0.2, 0.25) is 0 Å². The van der Waals surface area contributed by atoms with Gasteiger partial charge in [0.05, 0.1) is 6.10 Å². The molecule has 1 fully saturated rings. The molecule has 0 aliphatic carbocycles. The molecule has 1 aromatic carbocycles. The number of benzene rings is 1. The van der Waals surface area contributed by atoms with E-state index >= 15 is 0 Å². The number of hydrogen-bond donors (Lipinski definition) is 2. The molecule has 1 unspecified atom stereocenters. The average Bonchev–Trinajstić information content (AvgIpc) is 3.26. The molecule has 1 aliphatic heterocycles. The highest BCUT2D eigenvalue weighted by atomic mass is 32.1. The second kappa shape index (κ2) is 8.95. The van der Waals surface area contributed by atoms with E-state index in [0.717, 1.165) is 38.1 Å². The third-order valence-corrected chi connectivity index (χ3v) is 4.50. The van der Waals surface area contributed by atoms with Crippen molar-refractivity contribution in [3.8, 4) is 5.75 Å². The van der Waals surface area contributed by atoms with Gasteiger partial charge in [-0.1, -0.05) is 13.0 Å². The van der Waals surface area contributed by atoms with E-state index in [1.165, 1.54) is 0 Å². The summed E-state index contributed by atoms with van der Waals surface area (Å²) in [6, 6.07) is 7.37. The molecule has 1 atom stereocenters. The van der Waals surface area contributed by atoms with Crippen molar-refractivity contribution in [3.05, 3.63) is 34.9 Å². The number of H-pyrrole nitrogens is 1. The summed E-state index contributed by atoms with van der Waals surface area (Å²) in [4.78, 5) is 12.4. The molecule has 7 nitrogen and oxygen atoms in total. The minimum atomic E-state index is -0.156. The third-order valence-electron chi connectivity index (χ3n) is 4.19. The molecule has 8 heteroatoms. The SMILES string of the molecule is CCCc1n[nH]c(=S)n1CC(=O)Nc1cccc(OCC2CCCO2)c1. The van der Waals surface area contributed by atoms with Crippen molar-refractivity contribution >= 4 is 23.8 Å². The number of aromatic nitrogens is 3. The second-order valence-corrected chi connectivity index (χ2v) is 6.69. The monoisotopic (exact) mass is 376 g/mol. The Labute approximate surface area is 157 Å². The van der Waals surface area contributed by atoms with Crippen LogP contribution in [0.3, 0.4) is 0 Å². The molecule has 1 saturated heterocycles. The molecule has 3 rings (SSSR count). The zero-order chi connectivity index (χ0) is 18.4. The van der Waals surface area contributed by atoms with Crippen molar-refractivity contribution in [2.75, 3.05) is 18.5 Å². The van der Waals surface area contributed by atoms with E-state index in [0.29, 0.717) is 22.8 Å². The van der Waals surface area contributed by atoms with E-state index in [-0.39, 0.29) is 18.6 Å². The molecular weight excluding hydrogens is 352 g/mol. The lowest BCUT2D eigenvalue weighted by atomic mass is 10.2. The molecule has 140 valence electrons. The minimum Gasteiger partial charge on any atom is -0.491 e. The lowest BCUT2D eigenvalue weighted by Gasteiger charge is -2.13. The summed E-state index contributed by atoms with van der Waals surface area (Å²) in [7, 11) is 0. The standard InChI is InChI=1S/C18H24N4O3S/c1-2-5-16-20-21-18(26)22(16)11-17(23)19-13-6-3-7-14(10-13)25-12-15-8-4-9-24-15/h3,6-7,10,15H,2,4-5,8-9,11-12H2,1H3,(H,19,23)(H,21,26). The largest absolute Gasteiger partial charge is 0.491 e. The van der Waals surface area contributed by atoms with E-state index in [1.54, 1.807) is 4.57 Å². The third kappa shape index (κ3) is 4.92. The van der Waals surface area contributed by atoms with Crippen molar-refractivity contribution in [2.24, 2.45) is 0 Å². The van der Waals surface area contributed by atoms with Crippen LogP contribution in [0.4, 0.5) is 5.69 Å². The molecule has 2 N–H and O–H groups in total. The maximum Gasteiger partial charge on any atom is 0.244 e. The maximum absolute atomic E-state index is 12.4. The van der Waals surface area contributed by atoms with Crippen LogP contribution in [0.25, 0.3) is 0 Å². The highest BCUT2D eigenvalue weighted by Gasteiger charge is 2.16. The number of hydrogen-bond acceptors (Lipinski definition) is 5. The fourth-order valence-electron chi connectivity index (χ4n) is 2.90. The number of carbonyl (C=O) groups excluding carboxylic acids is 1. The summed E-state index contributed by atoms with van der Waals surface area (Å²) in [5.74, 6) is 1.35. The first kappa shape index (κ1) is 18.6. The van der Waals surface area contributed by atoms with E-state index < -0.39 is 0 Å². The number of anilines is 1. The number of aryl methyl sites for hydroxylation is 1. The Hall–Kier alpha value is -2.19. The lowest BCUT2D eigenvalue weighted by Crippen LogP contribution is -2.20. The Bertz CT molecular complexity index is 796. The zero-order valence-electron chi connectivity index (χ0n) is 14.9. The topological polar surface area (TPSA) is 81.2 Å². The summed E-state index contributed by atoms with van der Waals surface area (Å²) in [5.41, 5.74) is 0.687. The van der Waals surface area contributed by atoms with Crippen LogP contribution in [0, 0.1) is 4.77 Å². The second-order valence-electron chi connectivity index (χ2n) is 6.30. The Morgan fingerprint density at radius 1 is 1.54 bits per heavy atom. The van der Waals surface area contributed by atoms with Crippen molar-refractivity contribution in [1.82, 2.24) is 14.8 Å². The summed E-state index contributed by atoms with van der Waals surface area (Å²) >= 11 is 5.21. The average molecular weight is 376 g/mol. The van der Waals surface area contributed by atoms with Gasteiger partial charge in [-0.3, -0.25) is 14.5 Å². The first-order valence-corrected chi connectivity index (χ1v) is 9.35. The van der Waals surface area contributed by atoms with Gasteiger partial charge in [-0.2, -0.15) is 5.10 Å². The van der Waals surface area contributed by atoms with Gasteiger partial charge in [0, 0.05) is 24.8 Å². The van der Waals surface area contributed by atoms with Gasteiger partial charge >= 0.3 is 0 Å². The molecule has 0 radical (unpaired) electrons. The summed E-state index contributed by atoms with van der Waals surface area (Å²) in [6.45, 7) is 3.53. The van der Waals surface area contributed by atoms with Crippen molar-refractivity contribution in [1.29, 1.82) is 0 Å². The van der Waals surface area contributed by atoms with Crippen LogP contribution in [-0.2, 0) is 22.5 Å². The Kier molecular flexibility index (Phi) is 6.40. The molecule has 26 heavy (non-hydrogen) atoms. The molecule has 0 saturated carbocycles. The van der Waals surface area contributed by atoms with Gasteiger partial charge in [0.15, 0.2) is 4.77 Å². The number of amides is 1. The maximum atomic E-state index is 12.4. The molecule has 2 aromatic rings. The van der Waals surface area contributed by atoms with Crippen LogP contribution >= 0.6 is 12.2 Å². The van der Waals surface area contributed by atoms with Gasteiger partial charge in [0.25, 0.3) is 0 Å². The normalized spacial score (nSPS) is 16.6. The number of aromatic amines is 1. The number of nitrogens with zero attached hydrogens (tertiary/aromatic N) is 2. The number of ether oxygens (including phenoxy) is 2. The molecule has 1 aliphatic rings. The van der Waals surface area contributed by atoms with Crippen LogP contribution in [0.15, 0.2) is 24.3 Å². The predicted molar refractivity (Wildman–Crippen MR) is 101 cm³/mol. The van der Waals surface area contributed by atoms with Gasteiger partial charge in [-0.15, -0.1) is 0 Å². The smallest absolute Gasteiger partial charge is 0.244 e. The van der Waals surface area contributed by atoms with Crippen molar-refractivity contribution < 1.29 is 14.3 Å². The summed E-state index contributed by atoms with van der Waals surface area (Å²) in [5, 5.41) is 9.81. The van der Waals surface area contributed by atoms with E-state index in [9.17, 15) is 4.79 Å². The van der Waals surface area contributed by atoms with Crippen LogP contribution < -0.4 is 10.1 Å². The van der Waals surface area contributed by atoms with Crippen molar-refractivity contribution in [3.63, 3.8) is 0 Å². The van der Waals surface area contributed by atoms with Crippen LogP contribution in [0.5, 0.6) is 5.75 Å². The predicted octanol–water partition coefficient (Wildman–Crippen LogP) is 3.09. The first-order valence-electron chi connectivity index (χ1n) is 8.94. The molecule has 1 amide bonds. The highest BCUT2D eigenvalue weighted by Crippen LogP contribution is 2.19. The number of carbonyl (C=O) groups is 1. The Balaban J connectivity index is 1.58. The fourth-order valence-corrected chi connectivity index (χ4v) is 3.12. The number of nitrogens with one attached hydrogen (secondary N) is 2. The molecule has 2 heterocycles. The lowest BCUT2D eigenvalue weighted by molar-refractivity contribution is -0.116. The first-order chi connectivity index (χ1) is 12.7. The van der Waals surface area contributed by atoms with Gasteiger partial charge in [-0.05, 0) is 43.6 Å². The molecule has 0 spiro atoms. The molecular formula is C18H24N4O3S. The summed E-state index contributed by atoms with van der Waals surface area (Å²) < 4.78 is 13.5. The minimum absolute atomic E-state index is 0.131.